The van der Waals surface area contributed by atoms with Gasteiger partial charge in [0.2, 0.25) is 0 Å². The number of hydrogen-bond acceptors (Lipinski definition) is 4. The van der Waals surface area contributed by atoms with E-state index >= 15 is 0 Å². The molecule has 0 bridgehead atoms. The number of aryl methyl sites for hydroxylation is 2. The first-order valence-electron chi connectivity index (χ1n) is 5.84. The molecule has 0 saturated heterocycles. The average Bonchev–Trinajstić information content (AvgIpc) is 2.54. The molecule has 0 aromatic carbocycles. The van der Waals surface area contributed by atoms with Gasteiger partial charge in [-0.1, -0.05) is 0 Å². The van der Waals surface area contributed by atoms with Crippen LogP contribution in [0.5, 0.6) is 0 Å². The predicted octanol–water partition coefficient (Wildman–Crippen LogP) is 1.29. The average molecular weight is 250 g/mol. The summed E-state index contributed by atoms with van der Waals surface area (Å²) in [6.07, 6.45) is 0.0307. The van der Waals surface area contributed by atoms with E-state index in [1.54, 1.807) is 18.7 Å². The summed E-state index contributed by atoms with van der Waals surface area (Å²) >= 11 is 0. The van der Waals surface area contributed by atoms with Crippen molar-refractivity contribution < 1.29 is 9.90 Å². The highest BCUT2D eigenvalue weighted by molar-refractivity contribution is 5.69. The summed E-state index contributed by atoms with van der Waals surface area (Å²) in [6.45, 7) is 6.17. The number of aliphatic carboxylic acids is 1. The summed E-state index contributed by atoms with van der Waals surface area (Å²) in [7, 11) is 1.76. The summed E-state index contributed by atoms with van der Waals surface area (Å²) in [4.78, 5) is 12.7. The maximum atomic E-state index is 10.8. The van der Waals surface area contributed by atoms with Crippen molar-refractivity contribution in [2.75, 3.05) is 11.4 Å². The normalized spacial score (nSPS) is 11.9. The van der Waals surface area contributed by atoms with Crippen LogP contribution in [0.1, 0.15) is 31.5 Å². The van der Waals surface area contributed by atoms with Crippen molar-refractivity contribution in [2.24, 2.45) is 7.05 Å². The molecule has 6 nitrogen and oxygen atoms in total. The lowest BCUT2D eigenvalue weighted by Gasteiger charge is -2.29. The lowest BCUT2D eigenvalue weighted by Crippen LogP contribution is -2.36. The van der Waals surface area contributed by atoms with Crippen LogP contribution in [0.15, 0.2) is 0 Å². The molecule has 0 aliphatic carbocycles. The molecule has 1 rings (SSSR count). The SMILES string of the molecule is CCN(c1c(C#N)c(C)nn1C)C(C)CC(=O)O. The zero-order valence-corrected chi connectivity index (χ0v) is 11.1. The fraction of sp³-hybridized carbons (Fsp3) is 0.583. The molecule has 6 heteroatoms. The molecule has 98 valence electrons. The van der Waals surface area contributed by atoms with Crippen LogP contribution in [0, 0.1) is 18.3 Å². The molecule has 1 aromatic heterocycles. The molecule has 18 heavy (non-hydrogen) atoms. The summed E-state index contributed by atoms with van der Waals surface area (Å²) < 4.78 is 1.63. The molecule has 0 aliphatic rings. The quantitative estimate of drug-likeness (QED) is 0.851. The number of carboxylic acids is 1. The molecule has 1 heterocycles. The molecule has 1 unspecified atom stereocenters. The Hall–Kier alpha value is -2.03. The third kappa shape index (κ3) is 2.62. The van der Waals surface area contributed by atoms with Gasteiger partial charge in [-0.2, -0.15) is 10.4 Å². The highest BCUT2D eigenvalue weighted by Crippen LogP contribution is 2.24. The molecule has 0 aliphatic heterocycles. The molecule has 0 fully saturated rings. The Morgan fingerprint density at radius 2 is 2.28 bits per heavy atom. The zero-order chi connectivity index (χ0) is 13.9. The van der Waals surface area contributed by atoms with Crippen molar-refractivity contribution in [3.05, 3.63) is 11.3 Å². The van der Waals surface area contributed by atoms with Crippen LogP contribution in [0.3, 0.4) is 0 Å². The highest BCUT2D eigenvalue weighted by atomic mass is 16.4. The first kappa shape index (κ1) is 14.0. The standard InChI is InChI=1S/C12H18N4O2/c1-5-16(8(2)6-11(17)18)12-10(7-13)9(3)14-15(12)4/h8H,5-6H2,1-4H3,(H,17,18). The Bertz CT molecular complexity index is 487. The molecule has 1 atom stereocenters. The second-order valence-electron chi connectivity index (χ2n) is 4.25. The number of nitriles is 1. The lowest BCUT2D eigenvalue weighted by atomic mass is 10.1. The maximum Gasteiger partial charge on any atom is 0.305 e. The van der Waals surface area contributed by atoms with E-state index in [0.29, 0.717) is 23.6 Å². The van der Waals surface area contributed by atoms with Gasteiger partial charge in [-0.05, 0) is 20.8 Å². The molecule has 0 spiro atoms. The second kappa shape index (κ2) is 5.54. The van der Waals surface area contributed by atoms with Crippen LogP contribution in [-0.2, 0) is 11.8 Å². The summed E-state index contributed by atoms with van der Waals surface area (Å²) in [5.74, 6) is -0.162. The summed E-state index contributed by atoms with van der Waals surface area (Å²) in [6, 6.07) is 1.95. The van der Waals surface area contributed by atoms with Crippen molar-refractivity contribution in [2.45, 2.75) is 33.2 Å². The fourth-order valence-electron chi connectivity index (χ4n) is 2.14. The van der Waals surface area contributed by atoms with E-state index < -0.39 is 5.97 Å². The summed E-state index contributed by atoms with van der Waals surface area (Å²) in [5.41, 5.74) is 1.17. The predicted molar refractivity (Wildman–Crippen MR) is 67.4 cm³/mol. The smallest absolute Gasteiger partial charge is 0.305 e. The Morgan fingerprint density at radius 1 is 1.67 bits per heavy atom. The van der Waals surface area contributed by atoms with Gasteiger partial charge in [-0.3, -0.25) is 9.48 Å². The molecule has 1 N–H and O–H groups in total. The third-order valence-electron chi connectivity index (χ3n) is 2.92. The van der Waals surface area contributed by atoms with Gasteiger partial charge in [0, 0.05) is 19.6 Å². The highest BCUT2D eigenvalue weighted by Gasteiger charge is 2.23. The molecule has 0 radical (unpaired) electrons. The van der Waals surface area contributed by atoms with Crippen LogP contribution >= 0.6 is 0 Å². The van der Waals surface area contributed by atoms with Crippen molar-refractivity contribution in [1.82, 2.24) is 9.78 Å². The van der Waals surface area contributed by atoms with Crippen LogP contribution in [0.25, 0.3) is 0 Å². The second-order valence-corrected chi connectivity index (χ2v) is 4.25. The van der Waals surface area contributed by atoms with Crippen LogP contribution in [0.2, 0.25) is 0 Å². The number of anilines is 1. The Morgan fingerprint density at radius 3 is 2.72 bits per heavy atom. The van der Waals surface area contributed by atoms with E-state index in [2.05, 4.69) is 11.2 Å². The van der Waals surface area contributed by atoms with E-state index in [1.807, 2.05) is 18.7 Å². The Labute approximate surface area is 106 Å². The van der Waals surface area contributed by atoms with Gasteiger partial charge in [-0.15, -0.1) is 0 Å². The number of aromatic nitrogens is 2. The van der Waals surface area contributed by atoms with Crippen molar-refractivity contribution >= 4 is 11.8 Å². The monoisotopic (exact) mass is 250 g/mol. The number of nitrogens with zero attached hydrogens (tertiary/aromatic N) is 4. The third-order valence-corrected chi connectivity index (χ3v) is 2.92. The maximum absolute atomic E-state index is 10.8. The lowest BCUT2D eigenvalue weighted by molar-refractivity contribution is -0.137. The van der Waals surface area contributed by atoms with Gasteiger partial charge >= 0.3 is 5.97 Å². The van der Waals surface area contributed by atoms with Gasteiger partial charge in [-0.25, -0.2) is 0 Å². The minimum atomic E-state index is -0.849. The molecular weight excluding hydrogens is 232 g/mol. The molecule has 0 amide bonds. The van der Waals surface area contributed by atoms with Crippen LogP contribution in [0.4, 0.5) is 5.82 Å². The number of hydrogen-bond donors (Lipinski definition) is 1. The molecular formula is C12H18N4O2. The minimum Gasteiger partial charge on any atom is -0.481 e. The van der Waals surface area contributed by atoms with Crippen molar-refractivity contribution in [3.63, 3.8) is 0 Å². The Kier molecular flexibility index (Phi) is 4.32. The largest absolute Gasteiger partial charge is 0.481 e. The van der Waals surface area contributed by atoms with Crippen LogP contribution < -0.4 is 4.90 Å². The topological polar surface area (TPSA) is 82.2 Å². The molecule has 0 saturated carbocycles. The number of rotatable bonds is 5. The fourth-order valence-corrected chi connectivity index (χ4v) is 2.14. The van der Waals surface area contributed by atoms with Crippen molar-refractivity contribution in [1.29, 1.82) is 5.26 Å². The first-order chi connectivity index (χ1) is 8.42. The van der Waals surface area contributed by atoms with E-state index in [9.17, 15) is 10.1 Å². The van der Waals surface area contributed by atoms with Gasteiger partial charge in [0.25, 0.3) is 0 Å². The van der Waals surface area contributed by atoms with E-state index in [1.165, 1.54) is 0 Å². The van der Waals surface area contributed by atoms with Gasteiger partial charge < -0.3 is 10.0 Å². The van der Waals surface area contributed by atoms with E-state index in [4.69, 9.17) is 5.11 Å². The minimum absolute atomic E-state index is 0.0307. The number of carbonyl (C=O) groups is 1. The van der Waals surface area contributed by atoms with Gasteiger partial charge in [0.15, 0.2) is 0 Å². The Balaban J connectivity index is 3.17. The molecule has 1 aromatic rings. The van der Waals surface area contributed by atoms with E-state index in [-0.39, 0.29) is 12.5 Å². The van der Waals surface area contributed by atoms with Gasteiger partial charge in [0.1, 0.15) is 17.5 Å². The first-order valence-corrected chi connectivity index (χ1v) is 5.84. The summed E-state index contributed by atoms with van der Waals surface area (Å²) in [5, 5.41) is 22.3. The van der Waals surface area contributed by atoms with Gasteiger partial charge in [0.05, 0.1) is 12.1 Å². The van der Waals surface area contributed by atoms with Crippen LogP contribution in [-0.4, -0.2) is 33.4 Å². The van der Waals surface area contributed by atoms with E-state index in [0.717, 1.165) is 0 Å². The number of carboxylic acid groups (broad SMARTS) is 1. The zero-order valence-electron chi connectivity index (χ0n) is 11.1. The van der Waals surface area contributed by atoms with Crippen molar-refractivity contribution in [3.8, 4) is 6.07 Å².